The fourth-order valence-electron chi connectivity index (χ4n) is 4.91. The highest BCUT2D eigenvalue weighted by Gasteiger charge is 2.42. The molecule has 2 fully saturated rings. The van der Waals surface area contributed by atoms with Crippen molar-refractivity contribution in [3.63, 3.8) is 0 Å². The van der Waals surface area contributed by atoms with Gasteiger partial charge in [-0.05, 0) is 75.1 Å². The van der Waals surface area contributed by atoms with Gasteiger partial charge in [-0.2, -0.15) is 0 Å². The lowest BCUT2D eigenvalue weighted by atomic mass is 9.97. The summed E-state index contributed by atoms with van der Waals surface area (Å²) in [7, 11) is -1.12. The Morgan fingerprint density at radius 3 is 2.53 bits per heavy atom. The number of fused-ring (bicyclic) bond motifs is 3. The number of hydrogen-bond acceptors (Lipinski definition) is 6. The molecule has 34 heavy (non-hydrogen) atoms. The molecule has 4 rings (SSSR count). The van der Waals surface area contributed by atoms with Crippen molar-refractivity contribution in [2.75, 3.05) is 11.5 Å². The first kappa shape index (κ1) is 25.7. The molecule has 2 bridgehead atoms. The Kier molecular flexibility index (Phi) is 7.50. The maximum Gasteiger partial charge on any atom is 0.407 e. The summed E-state index contributed by atoms with van der Waals surface area (Å²) >= 11 is 2.32. The van der Waals surface area contributed by atoms with Crippen LogP contribution in [0.5, 0.6) is 0 Å². The van der Waals surface area contributed by atoms with Gasteiger partial charge in [0.1, 0.15) is 23.7 Å². The number of rotatable bonds is 7. The SMILES string of the molecule is CC(C)(C)OC(=O)NC1CC2CCC(C1)N2c1cnc2c(I)cn(COCC[Si](C)(C)C)c2n1. The maximum atomic E-state index is 12.3. The van der Waals surface area contributed by atoms with Crippen LogP contribution < -0.4 is 10.2 Å². The zero-order valence-corrected chi connectivity index (χ0v) is 24.4. The molecule has 10 heteroatoms. The Morgan fingerprint density at radius 2 is 1.91 bits per heavy atom. The average Bonchev–Trinajstić information content (AvgIpc) is 3.16. The second-order valence-electron chi connectivity index (χ2n) is 11.8. The van der Waals surface area contributed by atoms with Gasteiger partial charge >= 0.3 is 6.09 Å². The molecule has 1 N–H and O–H groups in total. The molecule has 4 heterocycles. The zero-order valence-electron chi connectivity index (χ0n) is 21.2. The van der Waals surface area contributed by atoms with Crippen LogP contribution in [0, 0.1) is 3.57 Å². The number of carbonyl (C=O) groups is 1. The van der Waals surface area contributed by atoms with Gasteiger partial charge in [0.25, 0.3) is 0 Å². The minimum absolute atomic E-state index is 0.130. The molecular formula is C24H38IN5O3Si. The lowest BCUT2D eigenvalue weighted by Crippen LogP contribution is -2.51. The molecule has 1 amide bonds. The number of anilines is 1. The maximum absolute atomic E-state index is 12.3. The van der Waals surface area contributed by atoms with E-state index in [2.05, 4.69) is 63.2 Å². The summed E-state index contributed by atoms with van der Waals surface area (Å²) in [5.41, 5.74) is 1.31. The lowest BCUT2D eigenvalue weighted by molar-refractivity contribution is 0.0492. The van der Waals surface area contributed by atoms with E-state index >= 15 is 0 Å². The quantitative estimate of drug-likeness (QED) is 0.262. The monoisotopic (exact) mass is 599 g/mol. The lowest BCUT2D eigenvalue weighted by Gasteiger charge is -2.39. The van der Waals surface area contributed by atoms with Crippen LogP contribution in [-0.4, -0.2) is 59.0 Å². The topological polar surface area (TPSA) is 81.5 Å². The Morgan fingerprint density at radius 1 is 1.24 bits per heavy atom. The van der Waals surface area contributed by atoms with Crippen molar-refractivity contribution in [3.05, 3.63) is 16.0 Å². The molecule has 0 spiro atoms. The number of carbonyl (C=O) groups excluding carboxylic acids is 1. The second-order valence-corrected chi connectivity index (χ2v) is 18.6. The van der Waals surface area contributed by atoms with Crippen LogP contribution in [-0.2, 0) is 16.2 Å². The third-order valence-corrected chi connectivity index (χ3v) is 8.95. The van der Waals surface area contributed by atoms with Crippen LogP contribution in [0.2, 0.25) is 25.7 Å². The van der Waals surface area contributed by atoms with Gasteiger partial charge in [-0.25, -0.2) is 14.8 Å². The molecule has 2 aliphatic rings. The summed E-state index contributed by atoms with van der Waals surface area (Å²) in [6.45, 7) is 14.0. The first-order valence-corrected chi connectivity index (χ1v) is 17.1. The predicted molar refractivity (Wildman–Crippen MR) is 146 cm³/mol. The van der Waals surface area contributed by atoms with E-state index < -0.39 is 13.7 Å². The first-order valence-electron chi connectivity index (χ1n) is 12.3. The third-order valence-electron chi connectivity index (χ3n) is 6.45. The summed E-state index contributed by atoms with van der Waals surface area (Å²) in [5.74, 6) is 0.925. The molecule has 0 aromatic carbocycles. The molecule has 2 saturated heterocycles. The molecule has 0 aliphatic carbocycles. The van der Waals surface area contributed by atoms with E-state index in [0.29, 0.717) is 18.8 Å². The highest BCUT2D eigenvalue weighted by atomic mass is 127. The van der Waals surface area contributed by atoms with E-state index in [0.717, 1.165) is 58.9 Å². The molecule has 2 aromatic heterocycles. The summed E-state index contributed by atoms with van der Waals surface area (Å²) in [4.78, 5) is 24.5. The summed E-state index contributed by atoms with van der Waals surface area (Å²) in [6, 6.07) is 1.97. The number of alkyl carbamates (subject to hydrolysis) is 1. The minimum atomic E-state index is -1.12. The van der Waals surface area contributed by atoms with Crippen molar-refractivity contribution in [1.29, 1.82) is 0 Å². The molecule has 2 atom stereocenters. The van der Waals surface area contributed by atoms with E-state index in [1.807, 2.05) is 27.0 Å². The third kappa shape index (κ3) is 6.23. The van der Waals surface area contributed by atoms with Crippen molar-refractivity contribution in [1.82, 2.24) is 19.9 Å². The molecule has 2 aliphatic heterocycles. The van der Waals surface area contributed by atoms with Crippen LogP contribution in [0.3, 0.4) is 0 Å². The largest absolute Gasteiger partial charge is 0.444 e. The van der Waals surface area contributed by atoms with E-state index in [1.54, 1.807) is 0 Å². The normalized spacial score (nSPS) is 22.9. The number of ether oxygens (including phenoxy) is 2. The van der Waals surface area contributed by atoms with E-state index in [9.17, 15) is 4.79 Å². The summed E-state index contributed by atoms with van der Waals surface area (Å²) in [6.07, 6.45) is 7.67. The summed E-state index contributed by atoms with van der Waals surface area (Å²) < 4.78 is 14.6. The van der Waals surface area contributed by atoms with Crippen molar-refractivity contribution in [2.45, 2.75) is 103 Å². The van der Waals surface area contributed by atoms with Gasteiger partial charge in [0.2, 0.25) is 0 Å². The summed E-state index contributed by atoms with van der Waals surface area (Å²) in [5, 5.41) is 3.09. The second kappa shape index (κ2) is 9.92. The number of nitrogens with one attached hydrogen (secondary N) is 1. The number of nitrogens with zero attached hydrogens (tertiary/aromatic N) is 4. The Labute approximate surface area is 217 Å². The standard InChI is InChI=1S/C24H38IN5O3Si/c1-24(2,3)33-23(31)27-16-11-17-7-8-18(12-16)30(17)20-13-26-21-19(25)14-29(22(21)28-20)15-32-9-10-34(4,5)6/h13-14,16-18H,7-12,15H2,1-6H3,(H,27,31). The number of halogens is 1. The van der Waals surface area contributed by atoms with Gasteiger partial charge in [-0.3, -0.25) is 0 Å². The van der Waals surface area contributed by atoms with Crippen molar-refractivity contribution in [2.24, 2.45) is 0 Å². The number of amides is 1. The Hall–Kier alpha value is -1.40. The van der Waals surface area contributed by atoms with Gasteiger partial charge in [-0.15, -0.1) is 0 Å². The number of piperidine rings is 1. The number of aromatic nitrogens is 3. The van der Waals surface area contributed by atoms with Crippen molar-refractivity contribution in [3.8, 4) is 0 Å². The van der Waals surface area contributed by atoms with Crippen LogP contribution >= 0.6 is 22.6 Å². The molecule has 8 nitrogen and oxygen atoms in total. The minimum Gasteiger partial charge on any atom is -0.444 e. The van der Waals surface area contributed by atoms with Gasteiger partial charge in [0.15, 0.2) is 5.65 Å². The molecule has 188 valence electrons. The Balaban J connectivity index is 1.45. The predicted octanol–water partition coefficient (Wildman–Crippen LogP) is 5.37. The van der Waals surface area contributed by atoms with E-state index in [1.165, 1.54) is 0 Å². The van der Waals surface area contributed by atoms with Gasteiger partial charge in [0.05, 0.1) is 9.77 Å². The molecule has 2 aromatic rings. The average molecular weight is 600 g/mol. The van der Waals surface area contributed by atoms with Crippen molar-refractivity contribution >= 4 is 53.7 Å². The van der Waals surface area contributed by atoms with Crippen LogP contribution in [0.25, 0.3) is 11.2 Å². The first-order chi connectivity index (χ1) is 15.9. The Bertz CT molecular complexity index is 1020. The highest BCUT2D eigenvalue weighted by Crippen LogP contribution is 2.39. The van der Waals surface area contributed by atoms with Gasteiger partial charge in [-0.1, -0.05) is 19.6 Å². The molecule has 2 unspecified atom stereocenters. The fourth-order valence-corrected chi connectivity index (χ4v) is 6.38. The fraction of sp³-hybridized carbons (Fsp3) is 0.708. The molecule has 0 saturated carbocycles. The van der Waals surface area contributed by atoms with Gasteiger partial charge < -0.3 is 24.3 Å². The zero-order chi connectivity index (χ0) is 24.7. The molecule has 0 radical (unpaired) electrons. The van der Waals surface area contributed by atoms with Crippen LogP contribution in [0.15, 0.2) is 12.4 Å². The van der Waals surface area contributed by atoms with Crippen LogP contribution in [0.1, 0.15) is 46.5 Å². The van der Waals surface area contributed by atoms with Gasteiger partial charge in [0, 0.05) is 39.0 Å². The molecular weight excluding hydrogens is 561 g/mol. The van der Waals surface area contributed by atoms with E-state index in [-0.39, 0.29) is 12.1 Å². The van der Waals surface area contributed by atoms with Crippen molar-refractivity contribution < 1.29 is 14.3 Å². The highest BCUT2D eigenvalue weighted by molar-refractivity contribution is 14.1. The number of hydrogen-bond donors (Lipinski definition) is 1. The smallest absolute Gasteiger partial charge is 0.407 e. The van der Waals surface area contributed by atoms with Crippen LogP contribution in [0.4, 0.5) is 10.6 Å². The van der Waals surface area contributed by atoms with E-state index in [4.69, 9.17) is 19.4 Å².